The fourth-order valence-electron chi connectivity index (χ4n) is 3.66. The first kappa shape index (κ1) is 19.6. The first-order valence-corrected chi connectivity index (χ1v) is 10.3. The van der Waals surface area contributed by atoms with Gasteiger partial charge in [0.2, 0.25) is 5.95 Å². The summed E-state index contributed by atoms with van der Waals surface area (Å²) >= 11 is 0. The van der Waals surface area contributed by atoms with Crippen LogP contribution in [0.2, 0.25) is 0 Å². The molecule has 0 aromatic carbocycles. The Hall–Kier alpha value is -2.15. The maximum atomic E-state index is 11.9. The minimum atomic E-state index is -0.0440. The maximum Gasteiger partial charge on any atom is 0.314 e. The number of amides is 2. The average Bonchev–Trinajstić information content (AvgIpc) is 2.73. The Bertz CT molecular complexity index is 598. The molecule has 1 saturated heterocycles. The number of carbonyl (C=O) groups excluding carboxylic acids is 1. The van der Waals surface area contributed by atoms with Crippen LogP contribution in [0.25, 0.3) is 0 Å². The lowest BCUT2D eigenvalue weighted by atomic mass is 9.97. The van der Waals surface area contributed by atoms with E-state index in [0.29, 0.717) is 0 Å². The second-order valence-electron chi connectivity index (χ2n) is 7.27. The Morgan fingerprint density at radius 1 is 1.04 bits per heavy atom. The van der Waals surface area contributed by atoms with Crippen LogP contribution in [-0.4, -0.2) is 66.7 Å². The van der Waals surface area contributed by atoms with Gasteiger partial charge in [-0.25, -0.2) is 14.8 Å². The van der Waals surface area contributed by atoms with Crippen molar-refractivity contribution < 1.29 is 4.79 Å². The van der Waals surface area contributed by atoms with E-state index < -0.39 is 0 Å². The third-order valence-electron chi connectivity index (χ3n) is 5.26. The van der Waals surface area contributed by atoms with Gasteiger partial charge in [0.05, 0.1) is 0 Å². The lowest BCUT2D eigenvalue weighted by molar-refractivity contribution is 0.236. The standard InChI is InChI=1S/C20H32N6O/c27-20(24-12-8-18-6-2-1-3-7-18)23-11-5-13-25-14-16-26(17-15-25)19-21-9-4-10-22-19/h4,6,9-10H,1-3,5,7-8,11-17H2,(H2,23,24,27). The molecule has 7 nitrogen and oxygen atoms in total. The molecule has 1 aromatic heterocycles. The molecular weight excluding hydrogens is 340 g/mol. The van der Waals surface area contributed by atoms with Gasteiger partial charge in [-0.1, -0.05) is 11.6 Å². The monoisotopic (exact) mass is 372 g/mol. The summed E-state index contributed by atoms with van der Waals surface area (Å²) in [4.78, 5) is 25.2. The first-order chi connectivity index (χ1) is 13.3. The summed E-state index contributed by atoms with van der Waals surface area (Å²) in [6.07, 6.45) is 12.9. The summed E-state index contributed by atoms with van der Waals surface area (Å²) in [7, 11) is 0. The third kappa shape index (κ3) is 6.82. The topological polar surface area (TPSA) is 73.4 Å². The van der Waals surface area contributed by atoms with E-state index in [2.05, 4.69) is 36.5 Å². The summed E-state index contributed by atoms with van der Waals surface area (Å²) < 4.78 is 0. The number of urea groups is 1. The van der Waals surface area contributed by atoms with E-state index in [1.54, 1.807) is 12.4 Å². The highest BCUT2D eigenvalue weighted by atomic mass is 16.2. The van der Waals surface area contributed by atoms with E-state index in [9.17, 15) is 4.79 Å². The highest BCUT2D eigenvalue weighted by Gasteiger charge is 2.18. The van der Waals surface area contributed by atoms with Gasteiger partial charge in [-0.3, -0.25) is 4.90 Å². The van der Waals surface area contributed by atoms with E-state index in [4.69, 9.17) is 0 Å². The Morgan fingerprint density at radius 2 is 1.81 bits per heavy atom. The molecule has 2 amide bonds. The number of hydrogen-bond donors (Lipinski definition) is 2. The number of rotatable bonds is 8. The predicted molar refractivity (Wildman–Crippen MR) is 108 cm³/mol. The van der Waals surface area contributed by atoms with Gasteiger partial charge in [0.1, 0.15) is 0 Å². The first-order valence-electron chi connectivity index (χ1n) is 10.3. The van der Waals surface area contributed by atoms with Gasteiger partial charge in [0.15, 0.2) is 0 Å². The van der Waals surface area contributed by atoms with Gasteiger partial charge in [-0.2, -0.15) is 0 Å². The van der Waals surface area contributed by atoms with Crippen LogP contribution >= 0.6 is 0 Å². The zero-order chi connectivity index (χ0) is 18.7. The lowest BCUT2D eigenvalue weighted by Crippen LogP contribution is -2.47. The van der Waals surface area contributed by atoms with E-state index in [1.807, 2.05) is 6.07 Å². The molecule has 1 fully saturated rings. The van der Waals surface area contributed by atoms with Crippen LogP contribution in [0.1, 0.15) is 38.5 Å². The molecule has 1 aromatic rings. The van der Waals surface area contributed by atoms with Crippen molar-refractivity contribution in [3.8, 4) is 0 Å². The molecular formula is C20H32N6O. The van der Waals surface area contributed by atoms with Gasteiger partial charge in [-0.05, 0) is 51.1 Å². The van der Waals surface area contributed by atoms with Crippen LogP contribution in [0.4, 0.5) is 10.7 Å². The van der Waals surface area contributed by atoms with Crippen molar-refractivity contribution >= 4 is 12.0 Å². The highest BCUT2D eigenvalue weighted by Crippen LogP contribution is 2.19. The fourth-order valence-corrected chi connectivity index (χ4v) is 3.66. The van der Waals surface area contributed by atoms with Gasteiger partial charge >= 0.3 is 6.03 Å². The Kier molecular flexibility index (Phi) is 7.89. The summed E-state index contributed by atoms with van der Waals surface area (Å²) in [6.45, 7) is 6.40. The van der Waals surface area contributed by atoms with Gasteiger partial charge in [0, 0.05) is 51.7 Å². The lowest BCUT2D eigenvalue weighted by Gasteiger charge is -2.34. The number of nitrogens with zero attached hydrogens (tertiary/aromatic N) is 4. The number of hydrogen-bond acceptors (Lipinski definition) is 5. The summed E-state index contributed by atoms with van der Waals surface area (Å²) in [5.41, 5.74) is 1.50. The van der Waals surface area contributed by atoms with Crippen molar-refractivity contribution in [1.29, 1.82) is 0 Å². The maximum absolute atomic E-state index is 11.9. The number of anilines is 1. The van der Waals surface area contributed by atoms with Crippen molar-refractivity contribution in [2.75, 3.05) is 50.7 Å². The molecule has 148 valence electrons. The molecule has 1 aliphatic carbocycles. The summed E-state index contributed by atoms with van der Waals surface area (Å²) in [5.74, 6) is 0.819. The van der Waals surface area contributed by atoms with E-state index in [1.165, 1.54) is 31.3 Å². The fraction of sp³-hybridized carbons (Fsp3) is 0.650. The summed E-state index contributed by atoms with van der Waals surface area (Å²) in [6, 6.07) is 1.80. The van der Waals surface area contributed by atoms with Gasteiger partial charge in [-0.15, -0.1) is 0 Å². The molecule has 0 radical (unpaired) electrons. The van der Waals surface area contributed by atoms with E-state index >= 15 is 0 Å². The highest BCUT2D eigenvalue weighted by molar-refractivity contribution is 5.73. The van der Waals surface area contributed by atoms with Crippen molar-refractivity contribution in [1.82, 2.24) is 25.5 Å². The molecule has 0 bridgehead atoms. The number of aromatic nitrogens is 2. The molecule has 2 N–H and O–H groups in total. The van der Waals surface area contributed by atoms with E-state index in [-0.39, 0.29) is 6.03 Å². The second-order valence-corrected chi connectivity index (χ2v) is 7.27. The van der Waals surface area contributed by atoms with Crippen LogP contribution < -0.4 is 15.5 Å². The minimum Gasteiger partial charge on any atom is -0.338 e. The molecule has 2 heterocycles. The Balaban J connectivity index is 1.21. The van der Waals surface area contributed by atoms with Crippen molar-refractivity contribution in [2.24, 2.45) is 0 Å². The molecule has 0 saturated carbocycles. The van der Waals surface area contributed by atoms with Crippen molar-refractivity contribution in [2.45, 2.75) is 38.5 Å². The van der Waals surface area contributed by atoms with Gasteiger partial charge in [0.25, 0.3) is 0 Å². The molecule has 3 rings (SSSR count). The number of allylic oxidation sites excluding steroid dienone is 1. The van der Waals surface area contributed by atoms with E-state index in [0.717, 1.165) is 64.6 Å². The van der Waals surface area contributed by atoms with Crippen molar-refractivity contribution in [3.05, 3.63) is 30.1 Å². The Labute approximate surface area is 162 Å². The van der Waals surface area contributed by atoms with Crippen molar-refractivity contribution in [3.63, 3.8) is 0 Å². The summed E-state index contributed by atoms with van der Waals surface area (Å²) in [5, 5.41) is 5.94. The predicted octanol–water partition coefficient (Wildman–Crippen LogP) is 2.18. The third-order valence-corrected chi connectivity index (χ3v) is 5.26. The van der Waals surface area contributed by atoms with Crippen LogP contribution in [0.5, 0.6) is 0 Å². The smallest absolute Gasteiger partial charge is 0.314 e. The molecule has 0 spiro atoms. The number of piperazine rings is 1. The normalized spacial score (nSPS) is 18.1. The largest absolute Gasteiger partial charge is 0.338 e. The number of nitrogens with one attached hydrogen (secondary N) is 2. The molecule has 2 aliphatic rings. The average molecular weight is 373 g/mol. The SMILES string of the molecule is O=C(NCCCN1CCN(c2ncccn2)CC1)NCCC1=CCCCC1. The van der Waals surface area contributed by atoms with Crippen LogP contribution in [0.15, 0.2) is 30.1 Å². The zero-order valence-electron chi connectivity index (χ0n) is 16.2. The van der Waals surface area contributed by atoms with Crippen LogP contribution in [0, 0.1) is 0 Å². The molecule has 7 heteroatoms. The quantitative estimate of drug-likeness (QED) is 0.540. The molecule has 27 heavy (non-hydrogen) atoms. The van der Waals surface area contributed by atoms with Crippen LogP contribution in [-0.2, 0) is 0 Å². The van der Waals surface area contributed by atoms with Gasteiger partial charge < -0.3 is 15.5 Å². The molecule has 0 atom stereocenters. The van der Waals surface area contributed by atoms with Crippen LogP contribution in [0.3, 0.4) is 0 Å². The second kappa shape index (κ2) is 10.9. The molecule has 1 aliphatic heterocycles. The Morgan fingerprint density at radius 3 is 2.56 bits per heavy atom. The number of carbonyl (C=O) groups is 1. The molecule has 0 unspecified atom stereocenters. The zero-order valence-corrected chi connectivity index (χ0v) is 16.2. The minimum absolute atomic E-state index is 0.0440.